The number of rotatable bonds is 4. The van der Waals surface area contributed by atoms with Gasteiger partial charge in [0.25, 0.3) is 0 Å². The molecule has 0 aliphatic carbocycles. The summed E-state index contributed by atoms with van der Waals surface area (Å²) in [4.78, 5) is 23.7. The van der Waals surface area contributed by atoms with Crippen molar-refractivity contribution in [1.29, 1.82) is 0 Å². The van der Waals surface area contributed by atoms with Gasteiger partial charge in [0, 0.05) is 0 Å². The van der Waals surface area contributed by atoms with E-state index in [1.165, 1.54) is 11.8 Å². The molecule has 1 rings (SSSR count). The number of nitrogens with zero attached hydrogens (tertiary/aromatic N) is 1. The average molecular weight is 199 g/mol. The summed E-state index contributed by atoms with van der Waals surface area (Å²) in [5, 5.41) is 0. The first-order valence-electron chi connectivity index (χ1n) is 4.93. The summed E-state index contributed by atoms with van der Waals surface area (Å²) >= 11 is 0. The van der Waals surface area contributed by atoms with Gasteiger partial charge in [-0.25, -0.2) is 4.79 Å². The van der Waals surface area contributed by atoms with Crippen LogP contribution in [0.1, 0.15) is 27.2 Å². The maximum atomic E-state index is 11.3. The summed E-state index contributed by atoms with van der Waals surface area (Å²) in [5.74, 6) is 0.501. The quantitative estimate of drug-likeness (QED) is 0.688. The Hall–Kier alpha value is -1.06. The minimum atomic E-state index is -0.356. The fourth-order valence-corrected chi connectivity index (χ4v) is 1.66. The van der Waals surface area contributed by atoms with E-state index in [1.54, 1.807) is 0 Å². The van der Waals surface area contributed by atoms with Gasteiger partial charge in [0.2, 0.25) is 0 Å². The predicted molar refractivity (Wildman–Crippen MR) is 52.0 cm³/mol. The first-order chi connectivity index (χ1) is 6.50. The van der Waals surface area contributed by atoms with E-state index in [0.717, 1.165) is 6.42 Å². The van der Waals surface area contributed by atoms with Crippen LogP contribution in [0.25, 0.3) is 0 Å². The third kappa shape index (κ3) is 2.72. The highest BCUT2D eigenvalue weighted by molar-refractivity contribution is 5.82. The van der Waals surface area contributed by atoms with Crippen molar-refractivity contribution < 1.29 is 14.3 Å². The van der Waals surface area contributed by atoms with Crippen molar-refractivity contribution in [2.24, 2.45) is 5.92 Å². The molecule has 1 saturated heterocycles. The summed E-state index contributed by atoms with van der Waals surface area (Å²) < 4.78 is 4.91. The number of carbonyl (C=O) groups is 2. The molecule has 0 spiro atoms. The molecule has 4 nitrogen and oxygen atoms in total. The third-order valence-electron chi connectivity index (χ3n) is 2.21. The first-order valence-corrected chi connectivity index (χ1v) is 4.93. The van der Waals surface area contributed by atoms with Crippen molar-refractivity contribution in [3.63, 3.8) is 0 Å². The Morgan fingerprint density at radius 2 is 2.29 bits per heavy atom. The Bertz CT molecular complexity index is 238. The standard InChI is InChI=1S/C10H17NO3/c1-7(2)4-9-6-14-10(13)11(9)5-8(3)12/h7,9H,4-6H2,1-3H3. The van der Waals surface area contributed by atoms with Crippen molar-refractivity contribution in [1.82, 2.24) is 4.90 Å². The molecular formula is C10H17NO3. The van der Waals surface area contributed by atoms with Crippen LogP contribution in [0, 0.1) is 5.92 Å². The largest absolute Gasteiger partial charge is 0.447 e. The van der Waals surface area contributed by atoms with Crippen LogP contribution in [0.5, 0.6) is 0 Å². The number of ether oxygens (including phenoxy) is 1. The lowest BCUT2D eigenvalue weighted by Crippen LogP contribution is -2.37. The predicted octanol–water partition coefficient (Wildman–Crippen LogP) is 1.44. The summed E-state index contributed by atoms with van der Waals surface area (Å²) in [6.45, 7) is 6.27. The normalized spacial score (nSPS) is 21.6. The lowest BCUT2D eigenvalue weighted by atomic mass is 10.0. The molecule has 0 saturated carbocycles. The van der Waals surface area contributed by atoms with E-state index in [1.807, 2.05) is 0 Å². The zero-order valence-corrected chi connectivity index (χ0v) is 8.95. The Morgan fingerprint density at radius 3 is 2.79 bits per heavy atom. The average Bonchev–Trinajstić information content (AvgIpc) is 2.34. The highest BCUT2D eigenvalue weighted by atomic mass is 16.6. The molecule has 0 aromatic heterocycles. The second kappa shape index (κ2) is 4.44. The summed E-state index contributed by atoms with van der Waals surface area (Å²) in [5.41, 5.74) is 0. The van der Waals surface area contributed by atoms with Gasteiger partial charge in [-0.15, -0.1) is 0 Å². The number of cyclic esters (lactones) is 1. The fourth-order valence-electron chi connectivity index (χ4n) is 1.66. The van der Waals surface area contributed by atoms with E-state index in [0.29, 0.717) is 12.5 Å². The zero-order chi connectivity index (χ0) is 10.7. The van der Waals surface area contributed by atoms with Crippen molar-refractivity contribution in [3.05, 3.63) is 0 Å². The maximum Gasteiger partial charge on any atom is 0.410 e. The second-order valence-corrected chi connectivity index (χ2v) is 4.19. The molecule has 1 fully saturated rings. The van der Waals surface area contributed by atoms with Gasteiger partial charge in [0.1, 0.15) is 12.4 Å². The van der Waals surface area contributed by atoms with Crippen LogP contribution >= 0.6 is 0 Å². The molecule has 14 heavy (non-hydrogen) atoms. The third-order valence-corrected chi connectivity index (χ3v) is 2.21. The smallest absolute Gasteiger partial charge is 0.410 e. The van der Waals surface area contributed by atoms with E-state index >= 15 is 0 Å². The van der Waals surface area contributed by atoms with Crippen LogP contribution < -0.4 is 0 Å². The highest BCUT2D eigenvalue weighted by Crippen LogP contribution is 2.18. The van der Waals surface area contributed by atoms with Gasteiger partial charge < -0.3 is 4.74 Å². The van der Waals surface area contributed by atoms with Crippen molar-refractivity contribution in [3.8, 4) is 0 Å². The monoisotopic (exact) mass is 199 g/mol. The molecule has 4 heteroatoms. The summed E-state index contributed by atoms with van der Waals surface area (Å²) in [7, 11) is 0. The molecule has 80 valence electrons. The van der Waals surface area contributed by atoms with E-state index in [4.69, 9.17) is 4.74 Å². The molecule has 1 aliphatic rings. The molecule has 0 aromatic rings. The molecule has 0 radical (unpaired) electrons. The van der Waals surface area contributed by atoms with Crippen LogP contribution in [0.4, 0.5) is 4.79 Å². The fraction of sp³-hybridized carbons (Fsp3) is 0.800. The zero-order valence-electron chi connectivity index (χ0n) is 8.95. The molecule has 0 bridgehead atoms. The van der Waals surface area contributed by atoms with Gasteiger partial charge in [-0.2, -0.15) is 0 Å². The summed E-state index contributed by atoms with van der Waals surface area (Å²) in [6.07, 6.45) is 0.532. The molecule has 1 amide bonds. The van der Waals surface area contributed by atoms with Gasteiger partial charge in [0.15, 0.2) is 0 Å². The minimum Gasteiger partial charge on any atom is -0.447 e. The molecule has 1 atom stereocenters. The number of amides is 1. The number of ketones is 1. The Kier molecular flexibility index (Phi) is 3.49. The lowest BCUT2D eigenvalue weighted by Gasteiger charge is -2.21. The van der Waals surface area contributed by atoms with Crippen molar-refractivity contribution in [2.75, 3.05) is 13.2 Å². The van der Waals surface area contributed by atoms with Gasteiger partial charge in [-0.3, -0.25) is 9.69 Å². The molecule has 1 aliphatic heterocycles. The van der Waals surface area contributed by atoms with Gasteiger partial charge in [0.05, 0.1) is 12.6 Å². The second-order valence-electron chi connectivity index (χ2n) is 4.19. The number of hydrogen-bond donors (Lipinski definition) is 0. The molecule has 0 N–H and O–H groups in total. The molecular weight excluding hydrogens is 182 g/mol. The molecule has 1 heterocycles. The number of hydrogen-bond acceptors (Lipinski definition) is 3. The van der Waals surface area contributed by atoms with Crippen LogP contribution in [-0.2, 0) is 9.53 Å². The highest BCUT2D eigenvalue weighted by Gasteiger charge is 2.33. The Morgan fingerprint density at radius 1 is 1.64 bits per heavy atom. The van der Waals surface area contributed by atoms with Crippen LogP contribution in [0.15, 0.2) is 0 Å². The Labute approximate surface area is 84.2 Å². The van der Waals surface area contributed by atoms with E-state index in [-0.39, 0.29) is 24.5 Å². The number of carbonyl (C=O) groups excluding carboxylic acids is 2. The van der Waals surface area contributed by atoms with E-state index in [2.05, 4.69) is 13.8 Å². The van der Waals surface area contributed by atoms with Gasteiger partial charge in [-0.05, 0) is 19.3 Å². The molecule has 1 unspecified atom stereocenters. The van der Waals surface area contributed by atoms with Crippen molar-refractivity contribution >= 4 is 11.9 Å². The maximum absolute atomic E-state index is 11.3. The van der Waals surface area contributed by atoms with Crippen molar-refractivity contribution in [2.45, 2.75) is 33.2 Å². The molecule has 0 aromatic carbocycles. The summed E-state index contributed by atoms with van der Waals surface area (Å²) in [6, 6.07) is 0.0754. The van der Waals surface area contributed by atoms with Crippen LogP contribution in [0.2, 0.25) is 0 Å². The first kappa shape index (κ1) is 11.0. The van der Waals surface area contributed by atoms with Crippen LogP contribution in [-0.4, -0.2) is 36.0 Å². The minimum absolute atomic E-state index is 0.00222. The van der Waals surface area contributed by atoms with E-state index < -0.39 is 0 Å². The van der Waals surface area contributed by atoms with E-state index in [9.17, 15) is 9.59 Å². The van der Waals surface area contributed by atoms with Crippen LogP contribution in [0.3, 0.4) is 0 Å². The lowest BCUT2D eigenvalue weighted by molar-refractivity contribution is -0.117. The topological polar surface area (TPSA) is 46.6 Å². The SMILES string of the molecule is CC(=O)CN1C(=O)OCC1CC(C)C. The Balaban J connectivity index is 2.57. The van der Waals surface area contributed by atoms with Gasteiger partial charge in [-0.1, -0.05) is 13.8 Å². The number of Topliss-reactive ketones (excluding diaryl/α,β-unsaturated/α-hetero) is 1. The van der Waals surface area contributed by atoms with Gasteiger partial charge >= 0.3 is 6.09 Å².